The highest BCUT2D eigenvalue weighted by molar-refractivity contribution is 6.30. The van der Waals surface area contributed by atoms with Crippen LogP contribution in [0.5, 0.6) is 5.75 Å². The molecule has 5 nitrogen and oxygen atoms in total. The van der Waals surface area contributed by atoms with Crippen LogP contribution in [0, 0.1) is 6.92 Å². The largest absolute Gasteiger partial charge is 0.479 e. The number of pyridine rings is 1. The highest BCUT2D eigenvalue weighted by Gasteiger charge is 2.49. The summed E-state index contributed by atoms with van der Waals surface area (Å²) in [5, 5.41) is 22.7. The van der Waals surface area contributed by atoms with Gasteiger partial charge in [-0.2, -0.15) is 0 Å². The lowest BCUT2D eigenvalue weighted by molar-refractivity contribution is -0.144. The number of nitrogens with zero attached hydrogens (tertiary/aromatic N) is 2. The number of aliphatic hydroxyl groups excluding tert-OH is 1. The van der Waals surface area contributed by atoms with E-state index in [2.05, 4.69) is 4.98 Å². The Bertz CT molecular complexity index is 941. The number of imidazole rings is 1. The molecule has 0 spiro atoms. The van der Waals surface area contributed by atoms with E-state index in [1.807, 2.05) is 44.2 Å². The first-order valence-electron chi connectivity index (χ1n) is 8.27. The zero-order valence-electron chi connectivity index (χ0n) is 14.0. The van der Waals surface area contributed by atoms with Gasteiger partial charge in [0, 0.05) is 11.8 Å². The topological polar surface area (TPSA) is 67.0 Å². The van der Waals surface area contributed by atoms with E-state index >= 15 is 0 Å². The van der Waals surface area contributed by atoms with Gasteiger partial charge in [0.2, 0.25) is 0 Å². The third kappa shape index (κ3) is 2.27. The summed E-state index contributed by atoms with van der Waals surface area (Å²) >= 11 is 6.30. The first kappa shape index (κ1) is 16.4. The molecule has 0 fully saturated rings. The Morgan fingerprint density at radius 2 is 2.00 bits per heavy atom. The van der Waals surface area contributed by atoms with Gasteiger partial charge in [-0.05, 0) is 25.0 Å². The first-order valence-corrected chi connectivity index (χ1v) is 8.65. The van der Waals surface area contributed by atoms with Crippen LogP contribution in [0.15, 0.2) is 42.6 Å². The maximum Gasteiger partial charge on any atom is 0.181 e. The molecule has 0 bridgehead atoms. The summed E-state index contributed by atoms with van der Waals surface area (Å²) in [6.45, 7) is 3.66. The number of aryl methyl sites for hydroxylation is 1. The van der Waals surface area contributed by atoms with Crippen LogP contribution in [0.1, 0.15) is 36.3 Å². The van der Waals surface area contributed by atoms with Crippen LogP contribution in [-0.4, -0.2) is 25.7 Å². The van der Waals surface area contributed by atoms with Crippen molar-refractivity contribution in [3.8, 4) is 5.75 Å². The van der Waals surface area contributed by atoms with Gasteiger partial charge in [0.25, 0.3) is 0 Å². The molecule has 2 aromatic heterocycles. The van der Waals surface area contributed by atoms with Crippen molar-refractivity contribution in [3.63, 3.8) is 0 Å². The summed E-state index contributed by atoms with van der Waals surface area (Å²) in [7, 11) is 0. The van der Waals surface area contributed by atoms with Gasteiger partial charge < -0.3 is 14.9 Å². The Morgan fingerprint density at radius 3 is 2.68 bits per heavy atom. The van der Waals surface area contributed by atoms with E-state index in [1.54, 1.807) is 16.7 Å². The van der Waals surface area contributed by atoms with Crippen molar-refractivity contribution in [2.75, 3.05) is 0 Å². The minimum absolute atomic E-state index is 0.345. The molecule has 0 amide bonds. The molecule has 1 aromatic carbocycles. The molecular weight excluding hydrogens is 340 g/mol. The number of halogens is 1. The highest BCUT2D eigenvalue weighted by Crippen LogP contribution is 2.48. The number of rotatable bonds is 2. The minimum Gasteiger partial charge on any atom is -0.479 e. The number of benzene rings is 1. The van der Waals surface area contributed by atoms with Gasteiger partial charge in [-0.1, -0.05) is 48.9 Å². The van der Waals surface area contributed by atoms with Crippen LogP contribution >= 0.6 is 11.6 Å². The van der Waals surface area contributed by atoms with Crippen LogP contribution in [0.2, 0.25) is 5.15 Å². The molecule has 130 valence electrons. The second kappa shape index (κ2) is 5.73. The van der Waals surface area contributed by atoms with Gasteiger partial charge >= 0.3 is 0 Å². The number of aliphatic hydroxyl groups is 2. The number of fused-ring (bicyclic) bond motifs is 3. The second-order valence-corrected chi connectivity index (χ2v) is 6.77. The molecule has 1 aliphatic heterocycles. The molecule has 4 rings (SSSR count). The number of hydrogen-bond donors (Lipinski definition) is 2. The second-order valence-electron chi connectivity index (χ2n) is 6.41. The van der Waals surface area contributed by atoms with Gasteiger partial charge in [-0.15, -0.1) is 0 Å². The molecule has 0 aliphatic carbocycles. The quantitative estimate of drug-likeness (QED) is 0.737. The van der Waals surface area contributed by atoms with Gasteiger partial charge in [-0.3, -0.25) is 4.40 Å². The Balaban J connectivity index is 1.97. The zero-order chi connectivity index (χ0) is 17.8. The van der Waals surface area contributed by atoms with Crippen molar-refractivity contribution in [1.29, 1.82) is 0 Å². The lowest BCUT2D eigenvalue weighted by Crippen LogP contribution is -2.48. The SMILES string of the molecule is CC[C@]1(O)c2ccn3c(Cl)c(C)nc3c2O[C@H](c2ccccc2)[C@H]1O. The average Bonchev–Trinajstić information content (AvgIpc) is 2.93. The number of aromatic nitrogens is 2. The van der Waals surface area contributed by atoms with E-state index in [0.717, 1.165) is 5.56 Å². The third-order valence-corrected chi connectivity index (χ3v) is 5.46. The fourth-order valence-corrected chi connectivity index (χ4v) is 3.70. The van der Waals surface area contributed by atoms with E-state index in [1.165, 1.54) is 0 Å². The lowest BCUT2D eigenvalue weighted by Gasteiger charge is -2.42. The molecule has 0 saturated carbocycles. The molecule has 0 unspecified atom stereocenters. The lowest BCUT2D eigenvalue weighted by atomic mass is 9.79. The van der Waals surface area contributed by atoms with Crippen LogP contribution < -0.4 is 4.74 Å². The van der Waals surface area contributed by atoms with Crippen molar-refractivity contribution >= 4 is 17.2 Å². The van der Waals surface area contributed by atoms with Crippen molar-refractivity contribution in [1.82, 2.24) is 9.38 Å². The predicted octanol–water partition coefficient (Wildman–Crippen LogP) is 3.39. The molecular formula is C19H19ClN2O3. The molecule has 0 radical (unpaired) electrons. The van der Waals surface area contributed by atoms with Crippen molar-refractivity contribution in [2.45, 2.75) is 38.1 Å². The van der Waals surface area contributed by atoms with Crippen molar-refractivity contribution in [2.24, 2.45) is 0 Å². The standard InChI is InChI=1S/C19H19ClN2O3/c1-3-19(24)13-9-10-22-17(20)11(2)21-18(22)15(13)25-14(16(19)23)12-7-5-4-6-8-12/h4-10,14,16,23-24H,3H2,1-2H3/t14-,16-,19+/m1/s1. The predicted molar refractivity (Wildman–Crippen MR) is 94.9 cm³/mol. The third-order valence-electron chi connectivity index (χ3n) is 5.00. The smallest absolute Gasteiger partial charge is 0.181 e. The molecule has 0 saturated heterocycles. The van der Waals surface area contributed by atoms with E-state index in [4.69, 9.17) is 16.3 Å². The van der Waals surface area contributed by atoms with E-state index in [9.17, 15) is 10.2 Å². The summed E-state index contributed by atoms with van der Waals surface area (Å²) in [5.74, 6) is 0.459. The number of hydrogen-bond acceptors (Lipinski definition) is 4. The zero-order valence-corrected chi connectivity index (χ0v) is 14.7. The normalized spacial score (nSPS) is 25.6. The van der Waals surface area contributed by atoms with Crippen molar-refractivity contribution in [3.05, 3.63) is 64.6 Å². The molecule has 1 aliphatic rings. The highest BCUT2D eigenvalue weighted by atomic mass is 35.5. The Labute approximate surface area is 150 Å². The fraction of sp³-hybridized carbons (Fsp3) is 0.316. The molecule has 2 N–H and O–H groups in total. The maximum atomic E-state index is 11.3. The van der Waals surface area contributed by atoms with Crippen LogP contribution in [0.25, 0.3) is 5.65 Å². The Kier molecular flexibility index (Phi) is 3.76. The first-order chi connectivity index (χ1) is 12.0. The summed E-state index contributed by atoms with van der Waals surface area (Å²) in [5.41, 5.74) is 1.12. The van der Waals surface area contributed by atoms with Gasteiger partial charge in [0.1, 0.15) is 16.9 Å². The summed E-state index contributed by atoms with van der Waals surface area (Å²) in [4.78, 5) is 4.49. The number of ether oxygens (including phenoxy) is 1. The van der Waals surface area contributed by atoms with Crippen LogP contribution in [-0.2, 0) is 5.60 Å². The van der Waals surface area contributed by atoms with E-state index in [0.29, 0.717) is 34.2 Å². The molecule has 25 heavy (non-hydrogen) atoms. The van der Waals surface area contributed by atoms with E-state index < -0.39 is 17.8 Å². The Morgan fingerprint density at radius 1 is 1.28 bits per heavy atom. The molecule has 6 heteroatoms. The van der Waals surface area contributed by atoms with Gasteiger partial charge in [0.15, 0.2) is 17.5 Å². The maximum absolute atomic E-state index is 11.3. The molecule has 3 atom stereocenters. The van der Waals surface area contributed by atoms with Gasteiger partial charge in [-0.25, -0.2) is 4.98 Å². The summed E-state index contributed by atoms with van der Waals surface area (Å²) < 4.78 is 7.88. The molecule has 3 heterocycles. The van der Waals surface area contributed by atoms with Gasteiger partial charge in [0.05, 0.1) is 5.69 Å². The fourth-order valence-electron chi connectivity index (χ4n) is 3.52. The summed E-state index contributed by atoms with van der Waals surface area (Å²) in [6, 6.07) is 11.1. The monoisotopic (exact) mass is 358 g/mol. The van der Waals surface area contributed by atoms with Crippen LogP contribution in [0.3, 0.4) is 0 Å². The average molecular weight is 359 g/mol. The molecule has 3 aromatic rings. The van der Waals surface area contributed by atoms with E-state index in [-0.39, 0.29) is 0 Å². The van der Waals surface area contributed by atoms with Crippen molar-refractivity contribution < 1.29 is 14.9 Å². The Hall–Kier alpha value is -2.08. The minimum atomic E-state index is -1.43. The van der Waals surface area contributed by atoms with Crippen LogP contribution in [0.4, 0.5) is 0 Å². The summed E-state index contributed by atoms with van der Waals surface area (Å²) in [6.07, 6.45) is 0.301.